The van der Waals surface area contributed by atoms with Crippen molar-refractivity contribution in [2.45, 2.75) is 13.5 Å². The first kappa shape index (κ1) is 10.2. The third-order valence-electron chi connectivity index (χ3n) is 1.76. The second kappa shape index (κ2) is 5.00. The van der Waals surface area contributed by atoms with Gasteiger partial charge in [-0.05, 0) is 24.2 Å². The Morgan fingerprint density at radius 3 is 2.92 bits per heavy atom. The average Bonchev–Trinajstić information content (AvgIpc) is 2.16. The Kier molecular flexibility index (Phi) is 3.94. The molecular weight excluding hydrogens is 228 g/mol. The van der Waals surface area contributed by atoms with E-state index in [1.165, 1.54) is 0 Å². The second-order valence-electron chi connectivity index (χ2n) is 2.69. The molecular formula is C10H11BrN2. The van der Waals surface area contributed by atoms with Gasteiger partial charge < -0.3 is 5.32 Å². The minimum absolute atomic E-state index is 0.732. The molecule has 68 valence electrons. The maximum Gasteiger partial charge on any atom is 0.0995 e. The molecule has 0 aliphatic heterocycles. The molecule has 13 heavy (non-hydrogen) atoms. The molecule has 2 nitrogen and oxygen atoms in total. The maximum absolute atomic E-state index is 8.84. The van der Waals surface area contributed by atoms with Gasteiger partial charge in [0.15, 0.2) is 0 Å². The lowest BCUT2D eigenvalue weighted by Crippen LogP contribution is -2.12. The first-order valence-corrected chi connectivity index (χ1v) is 4.96. The molecule has 0 aliphatic rings. The van der Waals surface area contributed by atoms with Gasteiger partial charge in [0.25, 0.3) is 0 Å². The topological polar surface area (TPSA) is 35.8 Å². The SMILES string of the molecule is CCNCc1ccc(Br)cc1C#N. The van der Waals surface area contributed by atoms with Crippen LogP contribution in [0.1, 0.15) is 18.1 Å². The fourth-order valence-corrected chi connectivity index (χ4v) is 1.43. The predicted molar refractivity (Wildman–Crippen MR) is 56.2 cm³/mol. The summed E-state index contributed by atoms with van der Waals surface area (Å²) in [6.07, 6.45) is 0. The number of halogens is 1. The molecule has 0 saturated heterocycles. The number of hydrogen-bond donors (Lipinski definition) is 1. The molecule has 0 fully saturated rings. The quantitative estimate of drug-likeness (QED) is 0.879. The lowest BCUT2D eigenvalue weighted by atomic mass is 10.1. The summed E-state index contributed by atoms with van der Waals surface area (Å²) in [4.78, 5) is 0. The lowest BCUT2D eigenvalue weighted by Gasteiger charge is -2.04. The molecule has 0 amide bonds. The molecule has 0 aromatic heterocycles. The number of rotatable bonds is 3. The second-order valence-corrected chi connectivity index (χ2v) is 3.61. The highest BCUT2D eigenvalue weighted by molar-refractivity contribution is 9.10. The van der Waals surface area contributed by atoms with E-state index in [0.29, 0.717) is 0 Å². The highest BCUT2D eigenvalue weighted by Gasteiger charge is 2.00. The van der Waals surface area contributed by atoms with Crippen molar-refractivity contribution in [3.05, 3.63) is 33.8 Å². The van der Waals surface area contributed by atoms with E-state index < -0.39 is 0 Å². The van der Waals surface area contributed by atoms with Crippen LogP contribution in [0, 0.1) is 11.3 Å². The smallest absolute Gasteiger partial charge is 0.0995 e. The Hall–Kier alpha value is -0.850. The summed E-state index contributed by atoms with van der Waals surface area (Å²) in [7, 11) is 0. The van der Waals surface area contributed by atoms with Crippen LogP contribution >= 0.6 is 15.9 Å². The van der Waals surface area contributed by atoms with Gasteiger partial charge in [0.05, 0.1) is 11.6 Å². The van der Waals surface area contributed by atoms with Crippen LogP contribution in [0.4, 0.5) is 0 Å². The third-order valence-corrected chi connectivity index (χ3v) is 2.25. The number of nitrogens with one attached hydrogen (secondary N) is 1. The van der Waals surface area contributed by atoms with Crippen molar-refractivity contribution in [2.75, 3.05) is 6.54 Å². The minimum atomic E-state index is 0.732. The van der Waals surface area contributed by atoms with E-state index in [2.05, 4.69) is 27.3 Å². The standard InChI is InChI=1S/C10H11BrN2/c1-2-13-7-8-3-4-10(11)5-9(8)6-12/h3-5,13H,2,7H2,1H3. The average molecular weight is 239 g/mol. The Labute approximate surface area is 86.7 Å². The molecule has 1 aromatic rings. The van der Waals surface area contributed by atoms with Gasteiger partial charge in [-0.3, -0.25) is 0 Å². The van der Waals surface area contributed by atoms with Gasteiger partial charge in [0.2, 0.25) is 0 Å². The minimum Gasteiger partial charge on any atom is -0.313 e. The number of nitriles is 1. The van der Waals surface area contributed by atoms with Crippen molar-refractivity contribution in [1.82, 2.24) is 5.32 Å². The summed E-state index contributed by atoms with van der Waals surface area (Å²) in [6.45, 7) is 3.72. The van der Waals surface area contributed by atoms with E-state index in [4.69, 9.17) is 5.26 Å². The summed E-state index contributed by atoms with van der Waals surface area (Å²) in [5.41, 5.74) is 1.78. The van der Waals surface area contributed by atoms with E-state index in [1.54, 1.807) is 0 Å². The molecule has 1 N–H and O–H groups in total. The molecule has 0 atom stereocenters. The Bertz CT molecular complexity index is 328. The van der Waals surface area contributed by atoms with Crippen LogP contribution in [0.15, 0.2) is 22.7 Å². The molecule has 0 heterocycles. The molecule has 0 saturated carbocycles. The zero-order chi connectivity index (χ0) is 9.68. The third kappa shape index (κ3) is 2.83. The first-order valence-electron chi connectivity index (χ1n) is 4.17. The Morgan fingerprint density at radius 1 is 1.54 bits per heavy atom. The van der Waals surface area contributed by atoms with Gasteiger partial charge >= 0.3 is 0 Å². The summed E-state index contributed by atoms with van der Waals surface area (Å²) in [5.74, 6) is 0. The molecule has 1 rings (SSSR count). The van der Waals surface area contributed by atoms with E-state index in [1.807, 2.05) is 25.1 Å². The van der Waals surface area contributed by atoms with Crippen molar-refractivity contribution in [3.8, 4) is 6.07 Å². The van der Waals surface area contributed by atoms with Gasteiger partial charge in [0, 0.05) is 11.0 Å². The monoisotopic (exact) mass is 238 g/mol. The van der Waals surface area contributed by atoms with Crippen LogP contribution in [0.2, 0.25) is 0 Å². The molecule has 0 bridgehead atoms. The van der Waals surface area contributed by atoms with E-state index in [9.17, 15) is 0 Å². The lowest BCUT2D eigenvalue weighted by molar-refractivity contribution is 0.725. The Balaban J connectivity index is 2.88. The molecule has 0 radical (unpaired) electrons. The van der Waals surface area contributed by atoms with Gasteiger partial charge in [-0.15, -0.1) is 0 Å². The largest absolute Gasteiger partial charge is 0.313 e. The Morgan fingerprint density at radius 2 is 2.31 bits per heavy atom. The summed E-state index contributed by atoms with van der Waals surface area (Å²) in [6, 6.07) is 7.93. The number of hydrogen-bond acceptors (Lipinski definition) is 2. The van der Waals surface area contributed by atoms with E-state index >= 15 is 0 Å². The van der Waals surface area contributed by atoms with Crippen molar-refractivity contribution < 1.29 is 0 Å². The predicted octanol–water partition coefficient (Wildman–Crippen LogP) is 2.43. The highest BCUT2D eigenvalue weighted by atomic mass is 79.9. The van der Waals surface area contributed by atoms with E-state index in [0.717, 1.165) is 28.7 Å². The zero-order valence-corrected chi connectivity index (χ0v) is 9.06. The molecule has 0 aliphatic carbocycles. The van der Waals surface area contributed by atoms with Crippen molar-refractivity contribution >= 4 is 15.9 Å². The maximum atomic E-state index is 8.84. The fourth-order valence-electron chi connectivity index (χ4n) is 1.07. The van der Waals surface area contributed by atoms with Crippen molar-refractivity contribution in [3.63, 3.8) is 0 Å². The summed E-state index contributed by atoms with van der Waals surface area (Å²) in [5, 5.41) is 12.0. The molecule has 0 unspecified atom stereocenters. The van der Waals surface area contributed by atoms with Crippen LogP contribution in [0.3, 0.4) is 0 Å². The highest BCUT2D eigenvalue weighted by Crippen LogP contribution is 2.15. The number of benzene rings is 1. The van der Waals surface area contributed by atoms with Gasteiger partial charge in [-0.25, -0.2) is 0 Å². The molecule has 3 heteroatoms. The summed E-state index contributed by atoms with van der Waals surface area (Å²) >= 11 is 3.33. The fraction of sp³-hybridized carbons (Fsp3) is 0.300. The van der Waals surface area contributed by atoms with Crippen LogP contribution in [-0.4, -0.2) is 6.54 Å². The van der Waals surface area contributed by atoms with Gasteiger partial charge in [-0.2, -0.15) is 5.26 Å². The van der Waals surface area contributed by atoms with Crippen LogP contribution in [0.25, 0.3) is 0 Å². The van der Waals surface area contributed by atoms with Crippen molar-refractivity contribution in [2.24, 2.45) is 0 Å². The molecule has 0 spiro atoms. The van der Waals surface area contributed by atoms with Crippen LogP contribution in [0.5, 0.6) is 0 Å². The summed E-state index contributed by atoms with van der Waals surface area (Å²) < 4.78 is 0.948. The van der Waals surface area contributed by atoms with Crippen LogP contribution < -0.4 is 5.32 Å². The normalized spacial score (nSPS) is 9.62. The number of nitrogens with zero attached hydrogens (tertiary/aromatic N) is 1. The zero-order valence-electron chi connectivity index (χ0n) is 7.47. The van der Waals surface area contributed by atoms with Gasteiger partial charge in [-0.1, -0.05) is 28.9 Å². The van der Waals surface area contributed by atoms with Crippen molar-refractivity contribution in [1.29, 1.82) is 5.26 Å². The van der Waals surface area contributed by atoms with E-state index in [-0.39, 0.29) is 0 Å². The molecule has 1 aromatic carbocycles. The van der Waals surface area contributed by atoms with Gasteiger partial charge in [0.1, 0.15) is 0 Å². The first-order chi connectivity index (χ1) is 6.27. The van der Waals surface area contributed by atoms with Crippen LogP contribution in [-0.2, 0) is 6.54 Å².